The van der Waals surface area contributed by atoms with Crippen molar-refractivity contribution < 1.29 is 0 Å². The van der Waals surface area contributed by atoms with Gasteiger partial charge in [-0.05, 0) is 154 Å². The number of hydrogen-bond acceptors (Lipinski definition) is 0. The molecule has 0 saturated heterocycles. The molecule has 5 unspecified atom stereocenters. The fraction of sp³-hybridized carbons (Fsp3) is 0.241. The van der Waals surface area contributed by atoms with Crippen molar-refractivity contribution in [1.29, 1.82) is 0 Å². The van der Waals surface area contributed by atoms with Crippen molar-refractivity contribution >= 4 is 37.9 Å². The molecule has 0 heterocycles. The van der Waals surface area contributed by atoms with Crippen LogP contribution in [0.5, 0.6) is 0 Å². The van der Waals surface area contributed by atoms with Gasteiger partial charge >= 0.3 is 0 Å². The molecular weight excluding hydrogens is 697 g/mol. The SMILES string of the molecule is CC1(C)c2ccc(C3=CCC4C(=C3)C3=C(C=CC(C5C=CC=C6C=CCC(c7ccccc7)C65)C3)C4(C)C)cc2-c2ccc3c4ccccc4c4ccccc4c3c21. The predicted octanol–water partition coefficient (Wildman–Crippen LogP) is 15.2. The van der Waals surface area contributed by atoms with Gasteiger partial charge in [-0.25, -0.2) is 0 Å². The minimum Gasteiger partial charge on any atom is -0.0836 e. The van der Waals surface area contributed by atoms with Crippen molar-refractivity contribution in [3.05, 3.63) is 208 Å². The third-order valence-electron chi connectivity index (χ3n) is 15.6. The fourth-order valence-corrected chi connectivity index (χ4v) is 12.8. The van der Waals surface area contributed by atoms with Gasteiger partial charge in [-0.2, -0.15) is 0 Å². The Balaban J connectivity index is 0.924. The summed E-state index contributed by atoms with van der Waals surface area (Å²) >= 11 is 0. The molecule has 6 aromatic carbocycles. The summed E-state index contributed by atoms with van der Waals surface area (Å²) in [4.78, 5) is 0. The first-order valence-electron chi connectivity index (χ1n) is 21.7. The van der Waals surface area contributed by atoms with Crippen molar-refractivity contribution in [2.24, 2.45) is 29.1 Å². The monoisotopic (exact) mass is 746 g/mol. The van der Waals surface area contributed by atoms with E-state index in [1.54, 1.807) is 16.7 Å². The predicted molar refractivity (Wildman–Crippen MR) is 246 cm³/mol. The van der Waals surface area contributed by atoms with Crippen molar-refractivity contribution in [2.45, 2.75) is 58.3 Å². The van der Waals surface area contributed by atoms with Gasteiger partial charge in [-0.1, -0.05) is 186 Å². The summed E-state index contributed by atoms with van der Waals surface area (Å²) in [5.41, 5.74) is 16.2. The van der Waals surface area contributed by atoms with Crippen LogP contribution in [0.4, 0.5) is 0 Å². The summed E-state index contributed by atoms with van der Waals surface area (Å²) in [5, 5.41) is 8.16. The van der Waals surface area contributed by atoms with E-state index in [0.29, 0.717) is 29.6 Å². The molecule has 0 heteroatoms. The summed E-state index contributed by atoms with van der Waals surface area (Å²) < 4.78 is 0. The largest absolute Gasteiger partial charge is 0.0836 e. The van der Waals surface area contributed by atoms with E-state index in [1.165, 1.54) is 76.8 Å². The number of hydrogen-bond donors (Lipinski definition) is 0. The van der Waals surface area contributed by atoms with Crippen molar-refractivity contribution in [2.75, 3.05) is 0 Å². The molecule has 0 N–H and O–H groups in total. The highest BCUT2D eigenvalue weighted by atomic mass is 14.5. The zero-order valence-electron chi connectivity index (χ0n) is 34.1. The highest BCUT2D eigenvalue weighted by Gasteiger charge is 2.47. The second kappa shape index (κ2) is 12.4. The third-order valence-corrected chi connectivity index (χ3v) is 15.6. The standard InChI is InChI=1S/C58H50/c1-57(2)51-29-24-38(33-49(51)50-34-39(26-31-52(50)57)41-23-13-17-36-16-12-22-40(54(36)41)35-14-6-5-7-15-35)37-25-30-53-48(32-37)47-28-27-46-44-20-9-8-18-42(44)43-19-10-11-21-45(43)55(46)56(47)58(53,3)4/h5-21,23-28,30-33,39-41,51,54H,22,29,34H2,1-4H3. The van der Waals surface area contributed by atoms with E-state index >= 15 is 0 Å². The van der Waals surface area contributed by atoms with Crippen molar-refractivity contribution in [3.8, 4) is 11.1 Å². The van der Waals surface area contributed by atoms with E-state index in [9.17, 15) is 0 Å². The number of fused-ring (bicyclic) bond motifs is 13. The lowest BCUT2D eigenvalue weighted by Crippen LogP contribution is -2.31. The maximum Gasteiger partial charge on any atom is 0.0165 e. The maximum atomic E-state index is 2.61. The average Bonchev–Trinajstić information content (AvgIpc) is 3.64. The van der Waals surface area contributed by atoms with E-state index in [-0.39, 0.29) is 10.8 Å². The zero-order valence-corrected chi connectivity index (χ0v) is 34.1. The zero-order chi connectivity index (χ0) is 38.9. The summed E-state index contributed by atoms with van der Waals surface area (Å²) in [6.45, 7) is 9.89. The first-order valence-corrected chi connectivity index (χ1v) is 21.7. The quantitative estimate of drug-likeness (QED) is 0.158. The van der Waals surface area contributed by atoms with Gasteiger partial charge in [0, 0.05) is 5.41 Å². The molecule has 0 saturated carbocycles. The third kappa shape index (κ3) is 4.75. The molecule has 0 radical (unpaired) electrons. The summed E-state index contributed by atoms with van der Waals surface area (Å²) in [6, 6.07) is 41.6. The number of allylic oxidation sites excluding steroid dienone is 14. The molecule has 0 spiro atoms. The molecule has 0 nitrogen and oxygen atoms in total. The molecule has 6 aromatic rings. The van der Waals surface area contributed by atoms with Crippen LogP contribution < -0.4 is 0 Å². The topological polar surface area (TPSA) is 0 Å². The maximum absolute atomic E-state index is 2.61. The lowest BCUT2D eigenvalue weighted by Gasteiger charge is -2.41. The molecule has 282 valence electrons. The van der Waals surface area contributed by atoms with Gasteiger partial charge in [0.15, 0.2) is 0 Å². The second-order valence-corrected chi connectivity index (χ2v) is 19.1. The minimum absolute atomic E-state index is 0.118. The molecule has 12 rings (SSSR count). The van der Waals surface area contributed by atoms with Crippen LogP contribution in [0.1, 0.15) is 75.1 Å². The Labute approximate surface area is 343 Å². The van der Waals surface area contributed by atoms with E-state index in [2.05, 4.69) is 192 Å². The molecule has 0 aliphatic heterocycles. The molecule has 6 aliphatic carbocycles. The molecule has 6 aliphatic rings. The van der Waals surface area contributed by atoms with E-state index < -0.39 is 0 Å². The van der Waals surface area contributed by atoms with Gasteiger partial charge in [-0.15, -0.1) is 0 Å². The first kappa shape index (κ1) is 34.3. The summed E-state index contributed by atoms with van der Waals surface area (Å²) in [5.74, 6) is 2.49. The van der Waals surface area contributed by atoms with Crippen LogP contribution >= 0.6 is 0 Å². The highest BCUT2D eigenvalue weighted by Crippen LogP contribution is 2.60. The highest BCUT2D eigenvalue weighted by molar-refractivity contribution is 6.27. The fourth-order valence-electron chi connectivity index (χ4n) is 12.8. The smallest absolute Gasteiger partial charge is 0.0165 e. The minimum atomic E-state index is -0.118. The lowest BCUT2D eigenvalue weighted by atomic mass is 9.63. The van der Waals surface area contributed by atoms with E-state index in [0.717, 1.165) is 19.3 Å². The lowest BCUT2D eigenvalue weighted by molar-refractivity contribution is 0.303. The van der Waals surface area contributed by atoms with Gasteiger partial charge in [0.2, 0.25) is 0 Å². The normalized spacial score (nSPS) is 25.9. The van der Waals surface area contributed by atoms with Gasteiger partial charge in [0.05, 0.1) is 0 Å². The molecule has 0 aromatic heterocycles. The van der Waals surface area contributed by atoms with Crippen LogP contribution in [-0.2, 0) is 5.41 Å². The molecule has 5 atom stereocenters. The molecule has 0 amide bonds. The van der Waals surface area contributed by atoms with Gasteiger partial charge in [0.25, 0.3) is 0 Å². The Morgan fingerprint density at radius 1 is 0.655 bits per heavy atom. The molecular formula is C58H50. The van der Waals surface area contributed by atoms with Crippen molar-refractivity contribution in [3.63, 3.8) is 0 Å². The van der Waals surface area contributed by atoms with Gasteiger partial charge < -0.3 is 0 Å². The second-order valence-electron chi connectivity index (χ2n) is 19.1. The Hall–Kier alpha value is -5.72. The van der Waals surface area contributed by atoms with Crippen LogP contribution in [0.15, 0.2) is 186 Å². The summed E-state index contributed by atoms with van der Waals surface area (Å²) in [6.07, 6.45) is 25.7. The van der Waals surface area contributed by atoms with Crippen LogP contribution in [0, 0.1) is 29.1 Å². The Morgan fingerprint density at radius 3 is 2.17 bits per heavy atom. The Kier molecular flexibility index (Phi) is 7.34. The van der Waals surface area contributed by atoms with Crippen LogP contribution in [-0.4, -0.2) is 0 Å². The molecule has 0 fully saturated rings. The van der Waals surface area contributed by atoms with Gasteiger partial charge in [0.1, 0.15) is 0 Å². The average molecular weight is 747 g/mol. The van der Waals surface area contributed by atoms with Gasteiger partial charge in [-0.3, -0.25) is 0 Å². The number of benzene rings is 6. The van der Waals surface area contributed by atoms with Crippen LogP contribution in [0.2, 0.25) is 0 Å². The van der Waals surface area contributed by atoms with Crippen LogP contribution in [0.25, 0.3) is 49.0 Å². The van der Waals surface area contributed by atoms with E-state index in [4.69, 9.17) is 0 Å². The van der Waals surface area contributed by atoms with Crippen molar-refractivity contribution in [1.82, 2.24) is 0 Å². The molecule has 0 bridgehead atoms. The Bertz CT molecular complexity index is 2950. The summed E-state index contributed by atoms with van der Waals surface area (Å²) in [7, 11) is 0. The molecule has 58 heavy (non-hydrogen) atoms. The van der Waals surface area contributed by atoms with E-state index in [1.807, 2.05) is 0 Å². The number of rotatable bonds is 3. The Morgan fingerprint density at radius 2 is 1.38 bits per heavy atom. The van der Waals surface area contributed by atoms with Crippen LogP contribution in [0.3, 0.4) is 0 Å². The first-order chi connectivity index (χ1) is 28.3.